The van der Waals surface area contributed by atoms with E-state index in [9.17, 15) is 4.79 Å². The molecule has 2 rings (SSSR count). The zero-order valence-corrected chi connectivity index (χ0v) is 15.3. The molecule has 1 amide bonds. The Bertz CT molecular complexity index is 702. The summed E-state index contributed by atoms with van der Waals surface area (Å²) in [5, 5.41) is 6.50. The van der Waals surface area contributed by atoms with Gasteiger partial charge in [-0.2, -0.15) is 0 Å². The second-order valence-electron chi connectivity index (χ2n) is 4.61. The van der Waals surface area contributed by atoms with E-state index in [4.69, 9.17) is 58.0 Å². The predicted octanol–water partition coefficient (Wildman–Crippen LogP) is 5.53. The van der Waals surface area contributed by atoms with Crippen molar-refractivity contribution in [3.8, 4) is 0 Å². The van der Waals surface area contributed by atoms with E-state index in [2.05, 4.69) is 10.6 Å². The summed E-state index contributed by atoms with van der Waals surface area (Å²) in [6.45, 7) is 0. The van der Waals surface area contributed by atoms with E-state index in [1.165, 1.54) is 6.07 Å². The van der Waals surface area contributed by atoms with Crippen molar-refractivity contribution in [2.45, 2.75) is 9.96 Å². The summed E-state index contributed by atoms with van der Waals surface area (Å²) in [5.41, 5.74) is 0.949. The maximum atomic E-state index is 12.3. The van der Waals surface area contributed by atoms with Gasteiger partial charge in [-0.05, 0) is 36.4 Å². The third-order valence-corrected chi connectivity index (χ3v) is 3.95. The molecule has 122 valence electrons. The van der Waals surface area contributed by atoms with E-state index in [-0.39, 0.29) is 0 Å². The minimum absolute atomic E-state index is 0.352. The normalized spacial score (nSPS) is 12.6. The molecule has 3 nitrogen and oxygen atoms in total. The smallest absolute Gasteiger partial charge is 0.253 e. The molecule has 0 fully saturated rings. The molecule has 0 bridgehead atoms. The van der Waals surface area contributed by atoms with Gasteiger partial charge in [0.1, 0.15) is 6.17 Å². The average Bonchev–Trinajstić information content (AvgIpc) is 2.45. The van der Waals surface area contributed by atoms with Crippen LogP contribution in [0.3, 0.4) is 0 Å². The summed E-state index contributed by atoms with van der Waals surface area (Å²) in [7, 11) is 0. The number of nitrogens with one attached hydrogen (secondary N) is 2. The third-order valence-electron chi connectivity index (χ3n) is 2.83. The highest BCUT2D eigenvalue weighted by atomic mass is 35.6. The fourth-order valence-corrected chi connectivity index (χ4v) is 2.50. The molecule has 0 aliphatic rings. The number of benzene rings is 2. The second-order valence-corrected chi connectivity index (χ2v) is 7.85. The number of amides is 1. The fourth-order valence-electron chi connectivity index (χ4n) is 1.79. The van der Waals surface area contributed by atoms with Crippen molar-refractivity contribution in [3.05, 3.63) is 64.1 Å². The highest BCUT2D eigenvalue weighted by molar-refractivity contribution is 6.68. The van der Waals surface area contributed by atoms with Gasteiger partial charge in [0.2, 0.25) is 3.79 Å². The number of carbonyl (C=O) groups excluding carboxylic acids is 1. The van der Waals surface area contributed by atoms with Gasteiger partial charge in [-0.1, -0.05) is 70.1 Å². The summed E-state index contributed by atoms with van der Waals surface area (Å²) in [6.07, 6.45) is -0.975. The number of hydrogen-bond acceptors (Lipinski definition) is 2. The number of alkyl halides is 3. The minimum Gasteiger partial charge on any atom is -0.362 e. The van der Waals surface area contributed by atoms with Crippen LogP contribution in [0, 0.1) is 0 Å². The van der Waals surface area contributed by atoms with Gasteiger partial charge in [-0.3, -0.25) is 4.79 Å². The number of carbonyl (C=O) groups is 1. The Hall–Kier alpha value is -0.840. The van der Waals surface area contributed by atoms with Crippen LogP contribution >= 0.6 is 58.0 Å². The molecule has 1 unspecified atom stereocenters. The summed E-state index contributed by atoms with van der Waals surface area (Å²) < 4.78 is -1.78. The van der Waals surface area contributed by atoms with Crippen molar-refractivity contribution in [3.63, 3.8) is 0 Å². The van der Waals surface area contributed by atoms with Crippen LogP contribution < -0.4 is 10.6 Å². The van der Waals surface area contributed by atoms with Crippen LogP contribution in [0.2, 0.25) is 10.0 Å². The number of hydrogen-bond donors (Lipinski definition) is 2. The van der Waals surface area contributed by atoms with Crippen molar-refractivity contribution in [1.82, 2.24) is 5.32 Å². The predicted molar refractivity (Wildman–Crippen MR) is 98.1 cm³/mol. The molecule has 8 heteroatoms. The van der Waals surface area contributed by atoms with Gasteiger partial charge in [0.15, 0.2) is 0 Å². The van der Waals surface area contributed by atoms with Crippen LogP contribution in [-0.4, -0.2) is 15.9 Å². The van der Waals surface area contributed by atoms with E-state index in [0.717, 1.165) is 0 Å². The first-order valence-electron chi connectivity index (χ1n) is 6.41. The lowest BCUT2D eigenvalue weighted by Gasteiger charge is -2.27. The Kier molecular flexibility index (Phi) is 6.29. The summed E-state index contributed by atoms with van der Waals surface area (Å²) in [5.74, 6) is -0.432. The van der Waals surface area contributed by atoms with E-state index in [0.29, 0.717) is 21.3 Å². The van der Waals surface area contributed by atoms with Crippen LogP contribution in [0.5, 0.6) is 0 Å². The molecule has 2 N–H and O–H groups in total. The molecule has 0 radical (unpaired) electrons. The Morgan fingerprint density at radius 3 is 2.13 bits per heavy atom. The third kappa shape index (κ3) is 5.63. The van der Waals surface area contributed by atoms with E-state index in [1.807, 2.05) is 0 Å². The molecule has 0 aliphatic carbocycles. The highest BCUT2D eigenvalue weighted by Gasteiger charge is 2.34. The first-order chi connectivity index (χ1) is 10.8. The monoisotopic (exact) mass is 410 g/mol. The topological polar surface area (TPSA) is 41.1 Å². The minimum atomic E-state index is -1.78. The molecule has 0 spiro atoms. The molecule has 0 saturated heterocycles. The summed E-state index contributed by atoms with van der Waals surface area (Å²) >= 11 is 29.6. The molecular formula is C15H11Cl5N2O. The average molecular weight is 413 g/mol. The van der Waals surface area contributed by atoms with Gasteiger partial charge >= 0.3 is 0 Å². The Morgan fingerprint density at radius 1 is 0.957 bits per heavy atom. The van der Waals surface area contributed by atoms with Crippen molar-refractivity contribution in [2.75, 3.05) is 5.32 Å². The molecule has 0 heterocycles. The standard InChI is InChI=1S/C15H11Cl5N2O/c16-10-4-1-3-9(7-10)13(23)22-14(15(18,19)20)21-12-6-2-5-11(17)8-12/h1-8,14,21H,(H,22,23). The van der Waals surface area contributed by atoms with Crippen molar-refractivity contribution < 1.29 is 4.79 Å². The maximum absolute atomic E-state index is 12.3. The number of halogens is 5. The largest absolute Gasteiger partial charge is 0.362 e. The van der Waals surface area contributed by atoms with Gasteiger partial charge in [0.25, 0.3) is 5.91 Å². The first-order valence-corrected chi connectivity index (χ1v) is 8.30. The maximum Gasteiger partial charge on any atom is 0.253 e. The quantitative estimate of drug-likeness (QED) is 0.512. The van der Waals surface area contributed by atoms with Crippen molar-refractivity contribution in [2.24, 2.45) is 0 Å². The zero-order chi connectivity index (χ0) is 17.0. The zero-order valence-electron chi connectivity index (χ0n) is 11.5. The first kappa shape index (κ1) is 18.5. The van der Waals surface area contributed by atoms with Gasteiger partial charge in [-0.15, -0.1) is 0 Å². The molecule has 2 aromatic carbocycles. The second kappa shape index (κ2) is 7.82. The van der Waals surface area contributed by atoms with Crippen LogP contribution in [0.25, 0.3) is 0 Å². The lowest BCUT2D eigenvalue weighted by atomic mass is 10.2. The van der Waals surface area contributed by atoms with Gasteiger partial charge in [0, 0.05) is 21.3 Å². The van der Waals surface area contributed by atoms with Crippen LogP contribution in [-0.2, 0) is 0 Å². The molecule has 0 aromatic heterocycles. The van der Waals surface area contributed by atoms with E-state index < -0.39 is 15.9 Å². The number of anilines is 1. The Balaban J connectivity index is 2.18. The fraction of sp³-hybridized carbons (Fsp3) is 0.133. The van der Waals surface area contributed by atoms with Gasteiger partial charge in [-0.25, -0.2) is 0 Å². The van der Waals surface area contributed by atoms with E-state index in [1.54, 1.807) is 42.5 Å². The summed E-state index contributed by atoms with van der Waals surface area (Å²) in [4.78, 5) is 12.3. The van der Waals surface area contributed by atoms with Crippen molar-refractivity contribution >= 4 is 69.6 Å². The van der Waals surface area contributed by atoms with Gasteiger partial charge < -0.3 is 10.6 Å². The summed E-state index contributed by atoms with van der Waals surface area (Å²) in [6, 6.07) is 13.3. The van der Waals surface area contributed by atoms with Crippen molar-refractivity contribution in [1.29, 1.82) is 0 Å². The Morgan fingerprint density at radius 2 is 1.57 bits per heavy atom. The molecule has 0 saturated carbocycles. The molecule has 1 atom stereocenters. The lowest BCUT2D eigenvalue weighted by Crippen LogP contribution is -2.49. The van der Waals surface area contributed by atoms with Crippen LogP contribution in [0.4, 0.5) is 5.69 Å². The molecular weight excluding hydrogens is 401 g/mol. The van der Waals surface area contributed by atoms with Crippen LogP contribution in [0.1, 0.15) is 10.4 Å². The number of rotatable bonds is 4. The highest BCUT2D eigenvalue weighted by Crippen LogP contribution is 2.31. The molecule has 23 heavy (non-hydrogen) atoms. The Labute approximate surface area is 158 Å². The van der Waals surface area contributed by atoms with Gasteiger partial charge in [0.05, 0.1) is 0 Å². The lowest BCUT2D eigenvalue weighted by molar-refractivity contribution is 0.0942. The molecule has 2 aromatic rings. The SMILES string of the molecule is O=C(NC(Nc1cccc(Cl)c1)C(Cl)(Cl)Cl)c1cccc(Cl)c1. The van der Waals surface area contributed by atoms with E-state index >= 15 is 0 Å². The van der Waals surface area contributed by atoms with Crippen LogP contribution in [0.15, 0.2) is 48.5 Å². The molecule has 0 aliphatic heterocycles.